The summed E-state index contributed by atoms with van der Waals surface area (Å²) in [4.78, 5) is 26.5. The number of amides is 1. The van der Waals surface area contributed by atoms with E-state index in [4.69, 9.17) is 4.74 Å². The molecule has 1 aliphatic rings. The molecule has 0 aliphatic heterocycles. The van der Waals surface area contributed by atoms with Crippen LogP contribution in [0.2, 0.25) is 0 Å². The molecule has 7 nitrogen and oxygen atoms in total. The molecule has 4 rings (SSSR count). The smallest absolute Gasteiger partial charge is 0.341 e. The number of rotatable bonds is 7. The first-order valence-corrected chi connectivity index (χ1v) is 13.6. The first-order chi connectivity index (χ1) is 16.3. The van der Waals surface area contributed by atoms with Crippen molar-refractivity contribution in [1.29, 1.82) is 0 Å². The van der Waals surface area contributed by atoms with Crippen LogP contribution in [0.3, 0.4) is 0 Å². The molecule has 0 saturated carbocycles. The van der Waals surface area contributed by atoms with Crippen molar-refractivity contribution in [3.8, 4) is 0 Å². The van der Waals surface area contributed by atoms with Gasteiger partial charge in [0.05, 0.1) is 31.2 Å². The van der Waals surface area contributed by atoms with Crippen molar-refractivity contribution in [2.24, 2.45) is 0 Å². The predicted octanol–water partition coefficient (Wildman–Crippen LogP) is 4.63. The molecule has 0 bridgehead atoms. The highest BCUT2D eigenvalue weighted by molar-refractivity contribution is 7.92. The molecule has 9 heteroatoms. The van der Waals surface area contributed by atoms with Gasteiger partial charge in [0.1, 0.15) is 5.00 Å². The van der Waals surface area contributed by atoms with Gasteiger partial charge in [0, 0.05) is 10.4 Å². The zero-order valence-corrected chi connectivity index (χ0v) is 20.7. The Hall–Kier alpha value is -3.17. The summed E-state index contributed by atoms with van der Waals surface area (Å²) in [5.74, 6) is -0.820. The number of anilines is 2. The normalized spacial score (nSPS) is 13.1. The molecule has 0 radical (unpaired) electrons. The average Bonchev–Trinajstić information content (AvgIpc) is 3.20. The topological polar surface area (TPSA) is 92.8 Å². The Bertz CT molecular complexity index is 1300. The van der Waals surface area contributed by atoms with Crippen LogP contribution in [-0.4, -0.2) is 33.7 Å². The third-order valence-corrected chi connectivity index (χ3v) is 8.12. The zero-order chi connectivity index (χ0) is 24.3. The number of sulfonamides is 1. The van der Waals surface area contributed by atoms with Gasteiger partial charge in [-0.2, -0.15) is 0 Å². The van der Waals surface area contributed by atoms with Crippen LogP contribution < -0.4 is 9.62 Å². The second-order valence-corrected chi connectivity index (χ2v) is 11.2. The Labute approximate surface area is 203 Å². The first-order valence-electron chi connectivity index (χ1n) is 10.9. The summed E-state index contributed by atoms with van der Waals surface area (Å²) in [5, 5.41) is 3.36. The second-order valence-electron chi connectivity index (χ2n) is 8.16. The molecule has 0 saturated heterocycles. The number of fused-ring (bicyclic) bond motifs is 1. The van der Waals surface area contributed by atoms with E-state index < -0.39 is 16.0 Å². The van der Waals surface area contributed by atoms with Crippen molar-refractivity contribution in [2.75, 3.05) is 23.0 Å². The maximum absolute atomic E-state index is 13.0. The van der Waals surface area contributed by atoms with Gasteiger partial charge in [-0.3, -0.25) is 9.10 Å². The van der Waals surface area contributed by atoms with Gasteiger partial charge in [0.25, 0.3) is 5.91 Å². The predicted molar refractivity (Wildman–Crippen MR) is 134 cm³/mol. The lowest BCUT2D eigenvalue weighted by Gasteiger charge is -2.22. The molecule has 178 valence electrons. The number of methoxy groups -OCH3 is 1. The van der Waals surface area contributed by atoms with Gasteiger partial charge >= 0.3 is 5.97 Å². The number of benzene rings is 2. The Kier molecular flexibility index (Phi) is 7.04. The van der Waals surface area contributed by atoms with E-state index >= 15 is 0 Å². The van der Waals surface area contributed by atoms with Crippen LogP contribution in [0.4, 0.5) is 10.7 Å². The molecule has 0 atom stereocenters. The highest BCUT2D eigenvalue weighted by Crippen LogP contribution is 2.38. The van der Waals surface area contributed by atoms with E-state index in [0.717, 1.165) is 47.9 Å². The number of carbonyl (C=O) groups is 2. The van der Waals surface area contributed by atoms with Crippen LogP contribution >= 0.6 is 11.3 Å². The van der Waals surface area contributed by atoms with Gasteiger partial charge in [0.15, 0.2) is 0 Å². The molecular weight excluding hydrogens is 472 g/mol. The summed E-state index contributed by atoms with van der Waals surface area (Å²) in [5.41, 5.74) is 3.09. The number of thiophene rings is 1. The van der Waals surface area contributed by atoms with Crippen LogP contribution in [0.5, 0.6) is 0 Å². The summed E-state index contributed by atoms with van der Waals surface area (Å²) in [7, 11) is -2.20. The Morgan fingerprint density at radius 1 is 1.03 bits per heavy atom. The molecule has 1 N–H and O–H groups in total. The van der Waals surface area contributed by atoms with Crippen LogP contribution in [0.1, 0.15) is 49.6 Å². The summed E-state index contributed by atoms with van der Waals surface area (Å²) in [6.45, 7) is 0.189. The van der Waals surface area contributed by atoms with Crippen molar-refractivity contribution in [2.45, 2.75) is 32.2 Å². The van der Waals surface area contributed by atoms with E-state index in [1.54, 1.807) is 24.3 Å². The minimum atomic E-state index is -3.53. The van der Waals surface area contributed by atoms with Crippen LogP contribution in [0.15, 0.2) is 54.6 Å². The lowest BCUT2D eigenvalue weighted by atomic mass is 9.95. The molecule has 1 aromatic heterocycles. The van der Waals surface area contributed by atoms with Crippen molar-refractivity contribution in [3.63, 3.8) is 0 Å². The van der Waals surface area contributed by atoms with Gasteiger partial charge in [-0.25, -0.2) is 13.2 Å². The molecule has 1 heterocycles. The minimum Gasteiger partial charge on any atom is -0.465 e. The van der Waals surface area contributed by atoms with Gasteiger partial charge in [0.2, 0.25) is 10.0 Å². The number of hydrogen-bond donors (Lipinski definition) is 1. The number of ether oxygens (including phenoxy) is 1. The summed E-state index contributed by atoms with van der Waals surface area (Å²) in [6, 6.07) is 15.7. The van der Waals surface area contributed by atoms with Gasteiger partial charge in [-0.15, -0.1) is 11.3 Å². The number of carbonyl (C=O) groups excluding carboxylic acids is 2. The lowest BCUT2D eigenvalue weighted by molar-refractivity contribution is 0.0601. The van der Waals surface area contributed by atoms with Gasteiger partial charge < -0.3 is 10.1 Å². The van der Waals surface area contributed by atoms with Crippen molar-refractivity contribution >= 4 is 43.9 Å². The van der Waals surface area contributed by atoms with E-state index in [1.807, 2.05) is 30.3 Å². The zero-order valence-electron chi connectivity index (χ0n) is 19.0. The van der Waals surface area contributed by atoms with Gasteiger partial charge in [-0.05, 0) is 61.1 Å². The molecule has 0 fully saturated rings. The molecule has 2 aromatic carbocycles. The largest absolute Gasteiger partial charge is 0.465 e. The van der Waals surface area contributed by atoms with E-state index in [0.29, 0.717) is 21.8 Å². The number of esters is 1. The second kappa shape index (κ2) is 9.99. The molecule has 0 unspecified atom stereocenters. The monoisotopic (exact) mass is 498 g/mol. The van der Waals surface area contributed by atoms with E-state index in [2.05, 4.69) is 5.32 Å². The van der Waals surface area contributed by atoms with Crippen LogP contribution in [0, 0.1) is 0 Å². The highest BCUT2D eigenvalue weighted by atomic mass is 32.2. The summed E-state index contributed by atoms with van der Waals surface area (Å²) >= 11 is 1.42. The fraction of sp³-hybridized carbons (Fsp3) is 0.280. The maximum atomic E-state index is 13.0. The molecule has 3 aromatic rings. The van der Waals surface area contributed by atoms with E-state index in [-0.39, 0.29) is 12.5 Å². The van der Waals surface area contributed by atoms with Gasteiger partial charge in [-0.1, -0.05) is 30.3 Å². The SMILES string of the molecule is COC(=O)c1c(NC(=O)c2ccc(N(Cc3ccccc3)S(C)(=O)=O)cc2)sc2c1CCCC2. The third-order valence-electron chi connectivity index (χ3n) is 5.77. The molecule has 1 aliphatic carbocycles. The Balaban J connectivity index is 1.57. The van der Waals surface area contributed by atoms with Crippen molar-refractivity contribution in [1.82, 2.24) is 0 Å². The van der Waals surface area contributed by atoms with Crippen molar-refractivity contribution in [3.05, 3.63) is 81.7 Å². The number of hydrogen-bond acceptors (Lipinski definition) is 6. The molecule has 34 heavy (non-hydrogen) atoms. The maximum Gasteiger partial charge on any atom is 0.341 e. The Morgan fingerprint density at radius 3 is 2.35 bits per heavy atom. The van der Waals surface area contributed by atoms with E-state index in [1.165, 1.54) is 22.8 Å². The van der Waals surface area contributed by atoms with Crippen LogP contribution in [-0.2, 0) is 34.1 Å². The van der Waals surface area contributed by atoms with Crippen molar-refractivity contribution < 1.29 is 22.7 Å². The van der Waals surface area contributed by atoms with Crippen LogP contribution in [0.25, 0.3) is 0 Å². The molecule has 1 amide bonds. The fourth-order valence-electron chi connectivity index (χ4n) is 4.08. The number of aryl methyl sites for hydroxylation is 1. The number of nitrogens with one attached hydrogen (secondary N) is 1. The highest BCUT2D eigenvalue weighted by Gasteiger charge is 2.27. The summed E-state index contributed by atoms with van der Waals surface area (Å²) in [6.07, 6.45) is 4.90. The van der Waals surface area contributed by atoms with E-state index in [9.17, 15) is 18.0 Å². The minimum absolute atomic E-state index is 0.189. The lowest BCUT2D eigenvalue weighted by Crippen LogP contribution is -2.29. The Morgan fingerprint density at radius 2 is 1.71 bits per heavy atom. The first kappa shape index (κ1) is 24.0. The standard InChI is InChI=1S/C25H26N2O5S2/c1-32-25(29)22-20-10-6-7-11-21(20)33-24(22)26-23(28)18-12-14-19(15-13-18)27(34(2,30)31)16-17-8-4-3-5-9-17/h3-5,8-9,12-15H,6-7,10-11,16H2,1-2H3,(H,26,28). The molecule has 0 spiro atoms. The fourth-order valence-corrected chi connectivity index (χ4v) is 6.24. The quantitative estimate of drug-likeness (QED) is 0.480. The molecular formula is C25H26N2O5S2. The average molecular weight is 499 g/mol. The third kappa shape index (κ3) is 5.15. The number of nitrogens with zero attached hydrogens (tertiary/aromatic N) is 1. The summed E-state index contributed by atoms with van der Waals surface area (Å²) < 4.78 is 31.1.